The lowest BCUT2D eigenvalue weighted by molar-refractivity contribution is -0.384. The molecule has 1 aromatic heterocycles. The summed E-state index contributed by atoms with van der Waals surface area (Å²) >= 11 is 0. The van der Waals surface area contributed by atoms with Crippen molar-refractivity contribution in [3.63, 3.8) is 0 Å². The summed E-state index contributed by atoms with van der Waals surface area (Å²) in [7, 11) is 0. The van der Waals surface area contributed by atoms with Crippen molar-refractivity contribution in [2.45, 2.75) is 46.3 Å². The van der Waals surface area contributed by atoms with Crippen LogP contribution in [0.4, 0.5) is 5.69 Å². The topological polar surface area (TPSA) is 100 Å². The van der Waals surface area contributed by atoms with Crippen LogP contribution in [0.3, 0.4) is 0 Å². The maximum atomic E-state index is 10.8. The number of nitrogens with one attached hydrogen (secondary N) is 1. The summed E-state index contributed by atoms with van der Waals surface area (Å²) in [5.41, 5.74) is 2.01. The minimum Gasteiger partial charge on any atom is -0.361 e. The fraction of sp³-hybridized carbons (Fsp3) is 0.524. The largest absolute Gasteiger partial charge is 0.361 e. The number of rotatable bonds is 7. The van der Waals surface area contributed by atoms with Gasteiger partial charge in [0.1, 0.15) is 5.76 Å². The lowest BCUT2D eigenvalue weighted by Crippen LogP contribution is -2.53. The van der Waals surface area contributed by atoms with Crippen LogP contribution in [0.15, 0.2) is 39.8 Å². The third-order valence-corrected chi connectivity index (χ3v) is 5.28. The van der Waals surface area contributed by atoms with Crippen molar-refractivity contribution >= 4 is 35.6 Å². The van der Waals surface area contributed by atoms with Crippen LogP contribution in [0.5, 0.6) is 0 Å². The Kier molecular flexibility index (Phi) is 9.69. The van der Waals surface area contributed by atoms with Crippen LogP contribution in [-0.2, 0) is 13.1 Å². The first-order chi connectivity index (χ1) is 14.4. The van der Waals surface area contributed by atoms with Crippen LogP contribution in [0.2, 0.25) is 0 Å². The highest BCUT2D eigenvalue weighted by molar-refractivity contribution is 14.0. The molecule has 1 aromatic carbocycles. The van der Waals surface area contributed by atoms with Crippen molar-refractivity contribution in [1.29, 1.82) is 0 Å². The monoisotopic (exact) mass is 542 g/mol. The van der Waals surface area contributed by atoms with Crippen molar-refractivity contribution in [2.24, 2.45) is 4.99 Å². The van der Waals surface area contributed by atoms with E-state index < -0.39 is 0 Å². The highest BCUT2D eigenvalue weighted by Gasteiger charge is 2.21. The molecular weight excluding hydrogens is 511 g/mol. The van der Waals surface area contributed by atoms with Gasteiger partial charge in [-0.1, -0.05) is 24.2 Å². The average molecular weight is 542 g/mol. The van der Waals surface area contributed by atoms with Gasteiger partial charge < -0.3 is 14.7 Å². The molecule has 0 amide bonds. The number of aryl methyl sites for hydroxylation is 1. The van der Waals surface area contributed by atoms with Crippen LogP contribution < -0.4 is 5.32 Å². The molecule has 0 spiro atoms. The number of piperazine rings is 1. The summed E-state index contributed by atoms with van der Waals surface area (Å²) < 4.78 is 5.16. The van der Waals surface area contributed by atoms with Crippen molar-refractivity contribution in [3.05, 3.63) is 57.5 Å². The number of nitrogens with zero attached hydrogens (tertiary/aromatic N) is 5. The van der Waals surface area contributed by atoms with Gasteiger partial charge >= 0.3 is 0 Å². The maximum Gasteiger partial charge on any atom is 0.269 e. The Bertz CT molecular complexity index is 862. The summed E-state index contributed by atoms with van der Waals surface area (Å²) in [5, 5.41) is 18.4. The normalized spacial score (nSPS) is 16.0. The molecule has 2 aromatic rings. The Balaban J connectivity index is 0.00000341. The summed E-state index contributed by atoms with van der Waals surface area (Å²) in [4.78, 5) is 19.9. The molecule has 1 saturated heterocycles. The fourth-order valence-corrected chi connectivity index (χ4v) is 3.29. The second-order valence-corrected chi connectivity index (χ2v) is 7.71. The summed E-state index contributed by atoms with van der Waals surface area (Å²) in [6.45, 7) is 11.1. The first-order valence-corrected chi connectivity index (χ1v) is 10.4. The van der Waals surface area contributed by atoms with E-state index in [1.807, 2.05) is 13.0 Å². The van der Waals surface area contributed by atoms with Crippen molar-refractivity contribution in [1.82, 2.24) is 20.3 Å². The van der Waals surface area contributed by atoms with Gasteiger partial charge in [0.2, 0.25) is 0 Å². The molecule has 1 aliphatic heterocycles. The predicted molar refractivity (Wildman–Crippen MR) is 131 cm³/mol. The molecule has 0 radical (unpaired) electrons. The Labute approximate surface area is 200 Å². The van der Waals surface area contributed by atoms with Crippen LogP contribution in [0, 0.1) is 17.0 Å². The molecular formula is C21H31IN6O3. The molecule has 10 heteroatoms. The standard InChI is InChI=1S/C21H30N6O3.HI/c1-4-16(2)23-21(22-14-18-5-7-20(8-6-18)27(28)29)26-11-9-25(10-12-26)15-19-13-17(3)30-24-19;/h5-8,13,16H,4,9-12,14-15H2,1-3H3,(H,22,23);1H. The zero-order chi connectivity index (χ0) is 21.5. The Morgan fingerprint density at radius 1 is 1.29 bits per heavy atom. The van der Waals surface area contributed by atoms with E-state index in [9.17, 15) is 10.1 Å². The van der Waals surface area contributed by atoms with E-state index in [-0.39, 0.29) is 34.6 Å². The van der Waals surface area contributed by atoms with E-state index >= 15 is 0 Å². The lowest BCUT2D eigenvalue weighted by Gasteiger charge is -2.37. The van der Waals surface area contributed by atoms with Gasteiger partial charge in [-0.25, -0.2) is 4.99 Å². The first-order valence-electron chi connectivity index (χ1n) is 10.4. The molecule has 1 aliphatic rings. The van der Waals surface area contributed by atoms with Crippen LogP contribution in [-0.4, -0.2) is 58.1 Å². The molecule has 0 saturated carbocycles. The lowest BCUT2D eigenvalue weighted by atomic mass is 10.2. The smallest absolute Gasteiger partial charge is 0.269 e. The maximum absolute atomic E-state index is 10.8. The number of nitro benzene ring substituents is 1. The zero-order valence-electron chi connectivity index (χ0n) is 18.3. The molecule has 31 heavy (non-hydrogen) atoms. The van der Waals surface area contributed by atoms with Crippen molar-refractivity contribution < 1.29 is 9.45 Å². The number of benzene rings is 1. The second-order valence-electron chi connectivity index (χ2n) is 7.71. The number of hydrogen-bond acceptors (Lipinski definition) is 6. The Morgan fingerprint density at radius 2 is 1.97 bits per heavy atom. The third-order valence-electron chi connectivity index (χ3n) is 5.28. The van der Waals surface area contributed by atoms with Crippen LogP contribution >= 0.6 is 24.0 Å². The van der Waals surface area contributed by atoms with Crippen molar-refractivity contribution in [2.75, 3.05) is 26.2 Å². The molecule has 9 nitrogen and oxygen atoms in total. The summed E-state index contributed by atoms with van der Waals surface area (Å²) in [6, 6.07) is 8.87. The fourth-order valence-electron chi connectivity index (χ4n) is 3.29. The number of nitro groups is 1. The zero-order valence-corrected chi connectivity index (χ0v) is 20.6. The number of aliphatic imine (C=N–C) groups is 1. The first kappa shape index (κ1) is 25.1. The van der Waals surface area contributed by atoms with E-state index in [1.165, 1.54) is 12.1 Å². The summed E-state index contributed by atoms with van der Waals surface area (Å²) in [5.74, 6) is 1.72. The second kappa shape index (κ2) is 12.0. The molecule has 0 bridgehead atoms. The van der Waals surface area contributed by atoms with Gasteiger partial charge in [0, 0.05) is 57.0 Å². The SMILES string of the molecule is CCC(C)NC(=NCc1ccc([N+](=O)[O-])cc1)N1CCN(Cc2cc(C)on2)CC1.I. The highest BCUT2D eigenvalue weighted by Crippen LogP contribution is 2.14. The van der Waals surface area contributed by atoms with Gasteiger partial charge in [-0.15, -0.1) is 24.0 Å². The van der Waals surface area contributed by atoms with Gasteiger partial charge in [0.25, 0.3) is 5.69 Å². The summed E-state index contributed by atoms with van der Waals surface area (Å²) in [6.07, 6.45) is 1.00. The highest BCUT2D eigenvalue weighted by atomic mass is 127. The quantitative estimate of drug-likeness (QED) is 0.188. The molecule has 1 fully saturated rings. The van der Waals surface area contributed by atoms with Crippen LogP contribution in [0.25, 0.3) is 0 Å². The van der Waals surface area contributed by atoms with E-state index in [0.717, 1.165) is 62.1 Å². The van der Waals surface area contributed by atoms with E-state index in [1.54, 1.807) is 12.1 Å². The average Bonchev–Trinajstić information content (AvgIpc) is 3.16. The molecule has 1 atom stereocenters. The van der Waals surface area contributed by atoms with Gasteiger partial charge in [0.05, 0.1) is 17.2 Å². The van der Waals surface area contributed by atoms with Gasteiger partial charge in [-0.05, 0) is 25.8 Å². The number of non-ortho nitro benzene ring substituents is 1. The molecule has 3 rings (SSSR count). The molecule has 0 aliphatic carbocycles. The number of hydrogen-bond donors (Lipinski definition) is 1. The minimum absolute atomic E-state index is 0. The molecule has 170 valence electrons. The molecule has 1 N–H and O–H groups in total. The minimum atomic E-state index is -0.386. The number of guanidine groups is 1. The van der Waals surface area contributed by atoms with E-state index in [4.69, 9.17) is 9.52 Å². The third kappa shape index (κ3) is 7.46. The Morgan fingerprint density at radius 3 is 2.52 bits per heavy atom. The molecule has 1 unspecified atom stereocenters. The number of halogens is 1. The van der Waals surface area contributed by atoms with Gasteiger partial charge in [-0.3, -0.25) is 15.0 Å². The molecule has 2 heterocycles. The Hall–Kier alpha value is -2.21. The number of aromatic nitrogens is 1. The van der Waals surface area contributed by atoms with Crippen LogP contribution in [0.1, 0.15) is 37.3 Å². The van der Waals surface area contributed by atoms with Crippen molar-refractivity contribution in [3.8, 4) is 0 Å². The predicted octanol–water partition coefficient (Wildman–Crippen LogP) is 3.57. The van der Waals surface area contributed by atoms with Gasteiger partial charge in [-0.2, -0.15) is 0 Å². The van der Waals surface area contributed by atoms with E-state index in [2.05, 4.69) is 34.1 Å². The van der Waals surface area contributed by atoms with Gasteiger partial charge in [0.15, 0.2) is 5.96 Å². The van der Waals surface area contributed by atoms with E-state index in [0.29, 0.717) is 12.6 Å².